The molecule has 1 rings (SSSR count). The van der Waals surface area contributed by atoms with Crippen molar-refractivity contribution in [2.75, 3.05) is 6.54 Å². The fraction of sp³-hybridized carbons (Fsp3) is 0.800. The maximum Gasteiger partial charge on any atom is 0.0999 e. The SMILES string of the molecule is CCCCC/C=C/C/C=C/CCCCCCCC1=NC(C)(C)CN1C(C)C. The summed E-state index contributed by atoms with van der Waals surface area (Å²) in [7, 11) is 0. The van der Waals surface area contributed by atoms with E-state index < -0.39 is 0 Å². The van der Waals surface area contributed by atoms with Crippen molar-refractivity contribution in [2.45, 2.75) is 123 Å². The van der Waals surface area contributed by atoms with Crippen LogP contribution in [0.15, 0.2) is 29.3 Å². The van der Waals surface area contributed by atoms with Gasteiger partial charge in [-0.05, 0) is 66.2 Å². The molecule has 27 heavy (non-hydrogen) atoms. The van der Waals surface area contributed by atoms with Crippen LogP contribution in [0, 0.1) is 0 Å². The number of amidine groups is 1. The maximum absolute atomic E-state index is 4.95. The summed E-state index contributed by atoms with van der Waals surface area (Å²) in [5.74, 6) is 1.35. The van der Waals surface area contributed by atoms with Crippen LogP contribution in [0.5, 0.6) is 0 Å². The van der Waals surface area contributed by atoms with Crippen molar-refractivity contribution in [1.82, 2.24) is 4.90 Å². The van der Waals surface area contributed by atoms with Gasteiger partial charge in [0.2, 0.25) is 0 Å². The van der Waals surface area contributed by atoms with E-state index in [1.54, 1.807) is 0 Å². The molecule has 1 aliphatic rings. The van der Waals surface area contributed by atoms with Crippen LogP contribution in [0.25, 0.3) is 0 Å². The summed E-state index contributed by atoms with van der Waals surface area (Å²) < 4.78 is 0. The Morgan fingerprint density at radius 1 is 0.889 bits per heavy atom. The molecule has 156 valence electrons. The highest BCUT2D eigenvalue weighted by Gasteiger charge is 2.31. The van der Waals surface area contributed by atoms with Crippen molar-refractivity contribution in [2.24, 2.45) is 4.99 Å². The molecule has 0 aliphatic carbocycles. The molecule has 2 heteroatoms. The van der Waals surface area contributed by atoms with Crippen LogP contribution in [0.4, 0.5) is 0 Å². The lowest BCUT2D eigenvalue weighted by atomic mass is 10.1. The number of unbranched alkanes of at least 4 members (excludes halogenated alkanes) is 8. The number of aliphatic imine (C=N–C) groups is 1. The van der Waals surface area contributed by atoms with Crippen LogP contribution >= 0.6 is 0 Å². The highest BCUT2D eigenvalue weighted by Crippen LogP contribution is 2.24. The van der Waals surface area contributed by atoms with Gasteiger partial charge in [-0.2, -0.15) is 0 Å². The second-order valence-corrected chi connectivity index (χ2v) is 9.04. The molecule has 0 N–H and O–H groups in total. The lowest BCUT2D eigenvalue weighted by Crippen LogP contribution is -2.37. The molecular weight excluding hydrogens is 328 g/mol. The number of hydrogen-bond acceptors (Lipinski definition) is 2. The molecule has 1 heterocycles. The normalized spacial score (nSPS) is 17.0. The van der Waals surface area contributed by atoms with E-state index in [0.717, 1.165) is 19.4 Å². The molecule has 0 saturated carbocycles. The van der Waals surface area contributed by atoms with Gasteiger partial charge in [-0.15, -0.1) is 0 Å². The van der Waals surface area contributed by atoms with Gasteiger partial charge in [-0.1, -0.05) is 63.3 Å². The van der Waals surface area contributed by atoms with Gasteiger partial charge in [0.05, 0.1) is 11.4 Å². The molecule has 0 spiro atoms. The van der Waals surface area contributed by atoms with E-state index in [1.807, 2.05) is 0 Å². The van der Waals surface area contributed by atoms with Gasteiger partial charge in [0.15, 0.2) is 0 Å². The predicted molar refractivity (Wildman–Crippen MR) is 123 cm³/mol. The molecule has 0 aromatic carbocycles. The Kier molecular flexibility index (Phi) is 12.5. The predicted octanol–water partition coefficient (Wildman–Crippen LogP) is 7.70. The van der Waals surface area contributed by atoms with E-state index >= 15 is 0 Å². The van der Waals surface area contributed by atoms with E-state index in [1.165, 1.54) is 70.0 Å². The molecule has 0 bridgehead atoms. The van der Waals surface area contributed by atoms with Gasteiger partial charge >= 0.3 is 0 Å². The highest BCUT2D eigenvalue weighted by molar-refractivity contribution is 5.84. The summed E-state index contributed by atoms with van der Waals surface area (Å²) in [4.78, 5) is 7.46. The minimum Gasteiger partial charge on any atom is -0.356 e. The van der Waals surface area contributed by atoms with Crippen molar-refractivity contribution < 1.29 is 0 Å². The molecule has 1 aliphatic heterocycles. The second-order valence-electron chi connectivity index (χ2n) is 9.04. The molecule has 0 radical (unpaired) electrons. The Balaban J connectivity index is 1.99. The maximum atomic E-state index is 4.95. The Labute approximate surface area is 170 Å². The summed E-state index contributed by atoms with van der Waals surface area (Å²) in [5.41, 5.74) is 0.108. The first-order chi connectivity index (χ1) is 13.0. The molecule has 0 amide bonds. The monoisotopic (exact) mass is 374 g/mol. The van der Waals surface area contributed by atoms with Crippen LogP contribution in [0.3, 0.4) is 0 Å². The summed E-state index contributed by atoms with van der Waals surface area (Å²) in [6.45, 7) is 12.4. The van der Waals surface area contributed by atoms with Crippen LogP contribution in [0.1, 0.15) is 112 Å². The van der Waals surface area contributed by atoms with Gasteiger partial charge in [-0.3, -0.25) is 4.99 Å². The smallest absolute Gasteiger partial charge is 0.0999 e. The molecule has 2 nitrogen and oxygen atoms in total. The standard InChI is InChI=1S/C25H46N2/c1-6-7-8-9-10-11-12-13-14-15-16-17-18-19-20-21-24-26-25(4,5)22-27(24)23(2)3/h10-11,13-14,23H,6-9,12,15-22H2,1-5H3/b11-10+,14-13+. The number of hydrogen-bond donors (Lipinski definition) is 0. The summed E-state index contributed by atoms with van der Waals surface area (Å²) in [5, 5.41) is 0. The van der Waals surface area contributed by atoms with Crippen molar-refractivity contribution in [3.8, 4) is 0 Å². The Morgan fingerprint density at radius 3 is 2.11 bits per heavy atom. The van der Waals surface area contributed by atoms with E-state index in [4.69, 9.17) is 4.99 Å². The van der Waals surface area contributed by atoms with Crippen molar-refractivity contribution in [1.29, 1.82) is 0 Å². The fourth-order valence-corrected chi connectivity index (χ4v) is 3.73. The van der Waals surface area contributed by atoms with Gasteiger partial charge in [0, 0.05) is 19.0 Å². The third kappa shape index (κ3) is 11.4. The molecule has 0 atom stereocenters. The first-order valence-electron chi connectivity index (χ1n) is 11.6. The zero-order valence-electron chi connectivity index (χ0n) is 19.0. The van der Waals surface area contributed by atoms with Gasteiger partial charge < -0.3 is 4.90 Å². The summed E-state index contributed by atoms with van der Waals surface area (Å²) in [6.07, 6.45) is 24.8. The molecule has 0 aromatic rings. The first kappa shape index (κ1) is 24.0. The van der Waals surface area contributed by atoms with Gasteiger partial charge in [0.1, 0.15) is 0 Å². The Hall–Kier alpha value is -1.05. The third-order valence-corrected chi connectivity index (χ3v) is 5.29. The summed E-state index contributed by atoms with van der Waals surface area (Å²) >= 11 is 0. The fourth-order valence-electron chi connectivity index (χ4n) is 3.73. The second kappa shape index (κ2) is 14.0. The first-order valence-corrected chi connectivity index (χ1v) is 11.6. The Morgan fingerprint density at radius 2 is 1.48 bits per heavy atom. The van der Waals surface area contributed by atoms with E-state index in [9.17, 15) is 0 Å². The minimum atomic E-state index is 0.108. The zero-order valence-corrected chi connectivity index (χ0v) is 19.0. The zero-order chi connectivity index (χ0) is 20.0. The molecule has 0 fully saturated rings. The van der Waals surface area contributed by atoms with Crippen LogP contribution in [-0.2, 0) is 0 Å². The topological polar surface area (TPSA) is 15.6 Å². The van der Waals surface area contributed by atoms with Crippen LogP contribution in [-0.4, -0.2) is 28.9 Å². The van der Waals surface area contributed by atoms with Crippen molar-refractivity contribution >= 4 is 5.84 Å². The number of rotatable bonds is 15. The molecule has 0 aromatic heterocycles. The minimum absolute atomic E-state index is 0.108. The van der Waals surface area contributed by atoms with Crippen molar-refractivity contribution in [3.05, 3.63) is 24.3 Å². The third-order valence-electron chi connectivity index (χ3n) is 5.29. The van der Waals surface area contributed by atoms with Crippen LogP contribution < -0.4 is 0 Å². The van der Waals surface area contributed by atoms with E-state index in [2.05, 4.69) is 63.8 Å². The number of nitrogens with zero attached hydrogens (tertiary/aromatic N) is 2. The van der Waals surface area contributed by atoms with Gasteiger partial charge in [0.25, 0.3) is 0 Å². The molecule has 0 unspecified atom stereocenters. The average Bonchev–Trinajstić information content (AvgIpc) is 2.93. The van der Waals surface area contributed by atoms with Crippen LogP contribution in [0.2, 0.25) is 0 Å². The van der Waals surface area contributed by atoms with E-state index in [0.29, 0.717) is 6.04 Å². The lowest BCUT2D eigenvalue weighted by Gasteiger charge is -2.26. The van der Waals surface area contributed by atoms with E-state index in [-0.39, 0.29) is 5.54 Å². The molecule has 0 saturated heterocycles. The summed E-state index contributed by atoms with van der Waals surface area (Å²) in [6, 6.07) is 0.573. The highest BCUT2D eigenvalue weighted by atomic mass is 15.3. The quantitative estimate of drug-likeness (QED) is 0.212. The van der Waals surface area contributed by atoms with Gasteiger partial charge in [-0.25, -0.2) is 0 Å². The molecular formula is C25H46N2. The number of allylic oxidation sites excluding steroid dienone is 4. The lowest BCUT2D eigenvalue weighted by molar-refractivity contribution is 0.320. The van der Waals surface area contributed by atoms with Crippen molar-refractivity contribution in [3.63, 3.8) is 0 Å². The average molecular weight is 375 g/mol. The Bertz CT molecular complexity index is 457. The largest absolute Gasteiger partial charge is 0.356 e.